The smallest absolute Gasteiger partial charge is 0.317 e. The Morgan fingerprint density at radius 2 is 2.09 bits per heavy atom. The normalized spacial score (nSPS) is 24.8. The first kappa shape index (κ1) is 13.9. The van der Waals surface area contributed by atoms with Gasteiger partial charge in [0, 0.05) is 36.9 Å². The maximum absolute atomic E-state index is 12.7. The van der Waals surface area contributed by atoms with E-state index in [-0.39, 0.29) is 6.03 Å². The Balaban J connectivity index is 1.55. The molecule has 2 fully saturated rings. The van der Waals surface area contributed by atoms with Crippen LogP contribution in [0.1, 0.15) is 44.1 Å². The van der Waals surface area contributed by atoms with Gasteiger partial charge in [-0.1, -0.05) is 18.9 Å². The summed E-state index contributed by atoms with van der Waals surface area (Å²) < 4.78 is 0. The molecule has 1 N–H and O–H groups in total. The monoisotopic (exact) mass is 300 g/mol. The Kier molecular flexibility index (Phi) is 3.64. The second-order valence-electron chi connectivity index (χ2n) is 6.79. The highest BCUT2D eigenvalue weighted by molar-refractivity contribution is 5.75. The van der Waals surface area contributed by atoms with Crippen LogP contribution in [0.15, 0.2) is 18.3 Å². The van der Waals surface area contributed by atoms with Crippen LogP contribution in [0.3, 0.4) is 0 Å². The maximum Gasteiger partial charge on any atom is 0.317 e. The fraction of sp³-hybridized carbons (Fsp3) is 0.647. The Morgan fingerprint density at radius 1 is 1.23 bits per heavy atom. The van der Waals surface area contributed by atoms with E-state index in [2.05, 4.69) is 21.3 Å². The minimum Gasteiger partial charge on any atom is -0.352 e. The van der Waals surface area contributed by atoms with Gasteiger partial charge in [0.05, 0.1) is 6.54 Å². The molecule has 1 aliphatic carbocycles. The summed E-state index contributed by atoms with van der Waals surface area (Å²) in [5, 5.41) is 3.24. The molecule has 0 spiro atoms. The zero-order chi connectivity index (χ0) is 14.9. The zero-order valence-corrected chi connectivity index (χ0v) is 13.0. The van der Waals surface area contributed by atoms with E-state index < -0.39 is 0 Å². The van der Waals surface area contributed by atoms with Crippen molar-refractivity contribution in [3.8, 4) is 0 Å². The number of hydrogen-bond acceptors (Lipinski definition) is 3. The van der Waals surface area contributed by atoms with Crippen LogP contribution in [0.5, 0.6) is 0 Å². The van der Waals surface area contributed by atoms with Crippen LogP contribution in [-0.2, 0) is 6.54 Å². The van der Waals surface area contributed by atoms with Gasteiger partial charge in [-0.05, 0) is 31.7 Å². The second-order valence-corrected chi connectivity index (χ2v) is 6.79. The SMILES string of the molecule is O=C(NC1CCCC1)N1Cc2cccnc2N2CCC[C@@H]2C1. The Hall–Kier alpha value is -1.78. The van der Waals surface area contributed by atoms with Gasteiger partial charge in [-0.15, -0.1) is 0 Å². The fourth-order valence-corrected chi connectivity index (χ4v) is 4.13. The minimum absolute atomic E-state index is 0.107. The molecule has 1 aromatic rings. The van der Waals surface area contributed by atoms with E-state index in [9.17, 15) is 4.79 Å². The summed E-state index contributed by atoms with van der Waals surface area (Å²) in [7, 11) is 0. The summed E-state index contributed by atoms with van der Waals surface area (Å²) >= 11 is 0. The van der Waals surface area contributed by atoms with Gasteiger partial charge < -0.3 is 15.1 Å². The van der Waals surface area contributed by atoms with Crippen molar-refractivity contribution in [3.63, 3.8) is 0 Å². The first-order valence-electron chi connectivity index (χ1n) is 8.57. The number of carbonyl (C=O) groups is 1. The zero-order valence-electron chi connectivity index (χ0n) is 13.0. The summed E-state index contributed by atoms with van der Waals surface area (Å²) in [6.45, 7) is 2.55. The van der Waals surface area contributed by atoms with Crippen LogP contribution in [0.4, 0.5) is 10.6 Å². The molecule has 0 unspecified atom stereocenters. The highest BCUT2D eigenvalue weighted by Crippen LogP contribution is 2.31. The Labute approximate surface area is 131 Å². The van der Waals surface area contributed by atoms with Crippen molar-refractivity contribution >= 4 is 11.8 Å². The lowest BCUT2D eigenvalue weighted by Gasteiger charge is -2.27. The van der Waals surface area contributed by atoms with Crippen molar-refractivity contribution in [1.82, 2.24) is 15.2 Å². The van der Waals surface area contributed by atoms with E-state index in [4.69, 9.17) is 0 Å². The Morgan fingerprint density at radius 3 is 2.95 bits per heavy atom. The van der Waals surface area contributed by atoms with Gasteiger partial charge in [0.2, 0.25) is 0 Å². The largest absolute Gasteiger partial charge is 0.352 e. The number of anilines is 1. The van der Waals surface area contributed by atoms with E-state index in [0.29, 0.717) is 18.6 Å². The van der Waals surface area contributed by atoms with Gasteiger partial charge in [-0.3, -0.25) is 0 Å². The molecule has 1 saturated heterocycles. The molecule has 118 valence electrons. The second kappa shape index (κ2) is 5.78. The third-order valence-corrected chi connectivity index (χ3v) is 5.28. The minimum atomic E-state index is 0.107. The number of aromatic nitrogens is 1. The number of fused-ring (bicyclic) bond motifs is 3. The lowest BCUT2D eigenvalue weighted by molar-refractivity contribution is 0.189. The van der Waals surface area contributed by atoms with Gasteiger partial charge in [0.1, 0.15) is 5.82 Å². The molecule has 22 heavy (non-hydrogen) atoms. The third-order valence-electron chi connectivity index (χ3n) is 5.28. The number of carbonyl (C=O) groups excluding carboxylic acids is 1. The predicted octanol–water partition coefficient (Wildman–Crippen LogP) is 2.52. The molecule has 0 bridgehead atoms. The highest BCUT2D eigenvalue weighted by atomic mass is 16.2. The van der Waals surface area contributed by atoms with Crippen LogP contribution in [0.2, 0.25) is 0 Å². The fourth-order valence-electron chi connectivity index (χ4n) is 4.13. The first-order chi connectivity index (χ1) is 10.8. The molecule has 5 heteroatoms. The Bertz CT molecular complexity index is 555. The van der Waals surface area contributed by atoms with E-state index >= 15 is 0 Å². The van der Waals surface area contributed by atoms with Crippen molar-refractivity contribution < 1.29 is 4.79 Å². The van der Waals surface area contributed by atoms with Crippen LogP contribution in [0, 0.1) is 0 Å². The molecule has 2 amide bonds. The molecule has 3 heterocycles. The average molecular weight is 300 g/mol. The molecule has 0 radical (unpaired) electrons. The van der Waals surface area contributed by atoms with Crippen LogP contribution < -0.4 is 10.2 Å². The van der Waals surface area contributed by atoms with Crippen LogP contribution >= 0.6 is 0 Å². The van der Waals surface area contributed by atoms with Gasteiger partial charge >= 0.3 is 6.03 Å². The molecular formula is C17H24N4O. The highest BCUT2D eigenvalue weighted by Gasteiger charge is 2.34. The first-order valence-corrected chi connectivity index (χ1v) is 8.57. The summed E-state index contributed by atoms with van der Waals surface area (Å²) in [6, 6.07) is 4.99. The van der Waals surface area contributed by atoms with Crippen molar-refractivity contribution in [2.45, 2.75) is 57.2 Å². The standard InChI is InChI=1S/C17H24N4O/c22-17(19-14-6-1-2-7-14)20-11-13-5-3-9-18-16(13)21-10-4-8-15(21)12-20/h3,5,9,14-15H,1-2,4,6-8,10-12H2,(H,19,22)/t15-/m1/s1. The van der Waals surface area contributed by atoms with E-state index in [1.54, 1.807) is 0 Å². The number of urea groups is 1. The molecular weight excluding hydrogens is 276 g/mol. The van der Waals surface area contributed by atoms with E-state index in [1.807, 2.05) is 17.2 Å². The van der Waals surface area contributed by atoms with E-state index in [1.165, 1.54) is 24.8 Å². The summed E-state index contributed by atoms with van der Waals surface area (Å²) in [5.74, 6) is 1.08. The van der Waals surface area contributed by atoms with Crippen molar-refractivity contribution in [1.29, 1.82) is 0 Å². The summed E-state index contributed by atoms with van der Waals surface area (Å²) in [4.78, 5) is 21.7. The van der Waals surface area contributed by atoms with Crippen LogP contribution in [-0.4, -0.2) is 41.1 Å². The lowest BCUT2D eigenvalue weighted by Crippen LogP contribution is -2.47. The number of amides is 2. The molecule has 1 saturated carbocycles. The molecule has 5 nitrogen and oxygen atoms in total. The quantitative estimate of drug-likeness (QED) is 0.867. The van der Waals surface area contributed by atoms with Gasteiger partial charge in [-0.25, -0.2) is 9.78 Å². The predicted molar refractivity (Wildman–Crippen MR) is 85.8 cm³/mol. The summed E-state index contributed by atoms with van der Waals surface area (Å²) in [6.07, 6.45) is 8.97. The van der Waals surface area contributed by atoms with Crippen molar-refractivity contribution in [3.05, 3.63) is 23.9 Å². The van der Waals surface area contributed by atoms with Gasteiger partial charge in [-0.2, -0.15) is 0 Å². The topological polar surface area (TPSA) is 48.5 Å². The third kappa shape index (κ3) is 2.53. The number of nitrogens with zero attached hydrogens (tertiary/aromatic N) is 3. The number of rotatable bonds is 1. The van der Waals surface area contributed by atoms with Crippen LogP contribution in [0.25, 0.3) is 0 Å². The molecule has 4 rings (SSSR count). The van der Waals surface area contributed by atoms with E-state index in [0.717, 1.165) is 38.2 Å². The number of nitrogens with one attached hydrogen (secondary N) is 1. The molecule has 0 aromatic carbocycles. The van der Waals surface area contributed by atoms with Gasteiger partial charge in [0.15, 0.2) is 0 Å². The molecule has 1 aromatic heterocycles. The molecule has 3 aliphatic rings. The number of hydrogen-bond donors (Lipinski definition) is 1. The summed E-state index contributed by atoms with van der Waals surface area (Å²) in [5.41, 5.74) is 1.17. The molecule has 2 aliphatic heterocycles. The maximum atomic E-state index is 12.7. The van der Waals surface area contributed by atoms with Crippen molar-refractivity contribution in [2.75, 3.05) is 18.0 Å². The van der Waals surface area contributed by atoms with Crippen molar-refractivity contribution in [2.24, 2.45) is 0 Å². The molecule has 1 atom stereocenters. The number of pyridine rings is 1. The lowest BCUT2D eigenvalue weighted by atomic mass is 10.2. The van der Waals surface area contributed by atoms with Gasteiger partial charge in [0.25, 0.3) is 0 Å². The average Bonchev–Trinajstić information content (AvgIpc) is 3.16.